The molecule has 33 heavy (non-hydrogen) atoms. The molecule has 0 aliphatic carbocycles. The molecule has 166 valence electrons. The summed E-state index contributed by atoms with van der Waals surface area (Å²) >= 11 is 0. The number of fused-ring (bicyclic) bond motifs is 1. The minimum atomic E-state index is -0.462. The Balaban J connectivity index is 1.58. The van der Waals surface area contributed by atoms with Crippen LogP contribution in [-0.4, -0.2) is 24.7 Å². The van der Waals surface area contributed by atoms with Crippen LogP contribution in [-0.2, 0) is 9.59 Å². The molecule has 0 unspecified atom stereocenters. The number of hydrogen-bond acceptors (Lipinski definition) is 6. The van der Waals surface area contributed by atoms with Gasteiger partial charge in [0.15, 0.2) is 11.5 Å². The fourth-order valence-electron chi connectivity index (χ4n) is 3.85. The van der Waals surface area contributed by atoms with E-state index in [1.54, 1.807) is 36.4 Å². The molecule has 1 N–H and O–H groups in total. The van der Waals surface area contributed by atoms with Gasteiger partial charge in [0.25, 0.3) is 11.8 Å². The number of nitrogens with zero attached hydrogens (tertiary/aromatic N) is 1. The number of para-hydroxylation sites is 2. The molecule has 7 heteroatoms. The molecule has 2 aliphatic heterocycles. The van der Waals surface area contributed by atoms with Crippen LogP contribution in [0.15, 0.2) is 78.5 Å². The second-order valence-corrected chi connectivity index (χ2v) is 7.89. The monoisotopic (exact) mass is 442 g/mol. The van der Waals surface area contributed by atoms with Crippen molar-refractivity contribution in [3.63, 3.8) is 0 Å². The number of carbonyl (C=O) groups is 2. The lowest BCUT2D eigenvalue weighted by Crippen LogP contribution is -2.33. The van der Waals surface area contributed by atoms with E-state index in [0.29, 0.717) is 34.2 Å². The van der Waals surface area contributed by atoms with Gasteiger partial charge in [-0.1, -0.05) is 42.5 Å². The minimum absolute atomic E-state index is 0.119. The molecule has 2 heterocycles. The van der Waals surface area contributed by atoms with E-state index in [2.05, 4.69) is 5.32 Å². The second kappa shape index (κ2) is 8.35. The summed E-state index contributed by atoms with van der Waals surface area (Å²) in [5, 5.41) is 3.15. The van der Waals surface area contributed by atoms with Gasteiger partial charge in [0.1, 0.15) is 11.4 Å². The average molecular weight is 442 g/mol. The molecule has 0 aromatic heterocycles. The van der Waals surface area contributed by atoms with Gasteiger partial charge in [-0.05, 0) is 43.7 Å². The highest BCUT2D eigenvalue weighted by molar-refractivity contribution is 6.46. The van der Waals surface area contributed by atoms with Gasteiger partial charge in [0.2, 0.25) is 6.79 Å². The number of rotatable bonds is 6. The number of carbonyl (C=O) groups excluding carboxylic acids is 2. The molecule has 0 radical (unpaired) electrons. The smallest absolute Gasteiger partial charge is 0.282 e. The van der Waals surface area contributed by atoms with Gasteiger partial charge in [0, 0.05) is 11.8 Å². The van der Waals surface area contributed by atoms with Gasteiger partial charge in [-0.3, -0.25) is 9.59 Å². The van der Waals surface area contributed by atoms with E-state index in [1.807, 2.05) is 50.2 Å². The van der Waals surface area contributed by atoms with Crippen molar-refractivity contribution in [2.75, 3.05) is 17.0 Å². The summed E-state index contributed by atoms with van der Waals surface area (Å²) < 4.78 is 16.7. The maximum absolute atomic E-state index is 13.6. The van der Waals surface area contributed by atoms with E-state index in [9.17, 15) is 9.59 Å². The Hall–Kier alpha value is -4.26. The van der Waals surface area contributed by atoms with E-state index >= 15 is 0 Å². The Bertz CT molecular complexity index is 1270. The third-order valence-corrected chi connectivity index (χ3v) is 5.26. The Morgan fingerprint density at radius 2 is 1.61 bits per heavy atom. The molecule has 0 fully saturated rings. The van der Waals surface area contributed by atoms with Crippen LogP contribution in [0.5, 0.6) is 17.2 Å². The summed E-state index contributed by atoms with van der Waals surface area (Å²) in [5.74, 6) is 0.788. The summed E-state index contributed by atoms with van der Waals surface area (Å²) in [6.07, 6.45) is -0.119. The SMILES string of the molecule is CC(C)Oc1ccccc1N1C(=O)C(Nc2ccc3c(c2)OCO3)=C(c2ccccc2)C1=O. The van der Waals surface area contributed by atoms with Crippen molar-refractivity contribution < 1.29 is 23.8 Å². The van der Waals surface area contributed by atoms with Crippen molar-refractivity contribution in [1.82, 2.24) is 0 Å². The molecule has 0 spiro atoms. The molecule has 7 nitrogen and oxygen atoms in total. The highest BCUT2D eigenvalue weighted by Gasteiger charge is 2.41. The van der Waals surface area contributed by atoms with Crippen LogP contribution in [0.2, 0.25) is 0 Å². The van der Waals surface area contributed by atoms with Crippen molar-refractivity contribution in [3.05, 3.63) is 84.1 Å². The zero-order valence-corrected chi connectivity index (χ0v) is 18.2. The third-order valence-electron chi connectivity index (χ3n) is 5.26. The molecular formula is C26H22N2O5. The van der Waals surface area contributed by atoms with E-state index in [1.165, 1.54) is 0 Å². The molecule has 3 aromatic carbocycles. The zero-order chi connectivity index (χ0) is 22.9. The molecule has 2 aliphatic rings. The Morgan fingerprint density at radius 1 is 0.879 bits per heavy atom. The van der Waals surface area contributed by atoms with E-state index in [-0.39, 0.29) is 24.2 Å². The predicted octanol–water partition coefficient (Wildman–Crippen LogP) is 4.60. The summed E-state index contributed by atoms with van der Waals surface area (Å²) in [4.78, 5) is 28.5. The van der Waals surface area contributed by atoms with Crippen molar-refractivity contribution in [1.29, 1.82) is 0 Å². The first-order valence-corrected chi connectivity index (χ1v) is 10.6. The molecule has 0 saturated carbocycles. The molecular weight excluding hydrogens is 420 g/mol. The lowest BCUT2D eigenvalue weighted by atomic mass is 10.0. The first-order valence-electron chi connectivity index (χ1n) is 10.6. The van der Waals surface area contributed by atoms with E-state index in [0.717, 1.165) is 4.90 Å². The fourth-order valence-corrected chi connectivity index (χ4v) is 3.85. The van der Waals surface area contributed by atoms with Crippen molar-refractivity contribution >= 4 is 28.8 Å². The molecule has 0 bridgehead atoms. The van der Waals surface area contributed by atoms with Crippen LogP contribution in [0.3, 0.4) is 0 Å². The number of amides is 2. The quantitative estimate of drug-likeness (QED) is 0.563. The lowest BCUT2D eigenvalue weighted by Gasteiger charge is -2.20. The van der Waals surface area contributed by atoms with Crippen molar-refractivity contribution in [2.45, 2.75) is 20.0 Å². The molecule has 3 aromatic rings. The number of ether oxygens (including phenoxy) is 3. The van der Waals surface area contributed by atoms with Crippen LogP contribution < -0.4 is 24.4 Å². The topological polar surface area (TPSA) is 77.1 Å². The first-order chi connectivity index (χ1) is 16.0. The van der Waals surface area contributed by atoms with Crippen LogP contribution in [0.1, 0.15) is 19.4 Å². The number of hydrogen-bond donors (Lipinski definition) is 1. The van der Waals surface area contributed by atoms with Crippen molar-refractivity contribution in [2.24, 2.45) is 0 Å². The van der Waals surface area contributed by atoms with Gasteiger partial charge in [-0.2, -0.15) is 0 Å². The maximum Gasteiger partial charge on any atom is 0.282 e. The second-order valence-electron chi connectivity index (χ2n) is 7.89. The van der Waals surface area contributed by atoms with Gasteiger partial charge in [-0.15, -0.1) is 0 Å². The lowest BCUT2D eigenvalue weighted by molar-refractivity contribution is -0.120. The third kappa shape index (κ3) is 3.78. The van der Waals surface area contributed by atoms with Crippen LogP contribution >= 0.6 is 0 Å². The summed E-state index contributed by atoms with van der Waals surface area (Å²) in [7, 11) is 0. The average Bonchev–Trinajstić information content (AvgIpc) is 3.37. The highest BCUT2D eigenvalue weighted by atomic mass is 16.7. The molecule has 2 amide bonds. The number of imide groups is 1. The van der Waals surface area contributed by atoms with Crippen LogP contribution in [0.25, 0.3) is 5.57 Å². The Labute approximate surface area is 191 Å². The van der Waals surface area contributed by atoms with Gasteiger partial charge in [0.05, 0.1) is 17.4 Å². The minimum Gasteiger partial charge on any atom is -0.489 e. The van der Waals surface area contributed by atoms with Crippen LogP contribution in [0, 0.1) is 0 Å². The van der Waals surface area contributed by atoms with Gasteiger partial charge < -0.3 is 19.5 Å². The Kier molecular flexibility index (Phi) is 5.22. The summed E-state index contributed by atoms with van der Waals surface area (Å²) in [6, 6.07) is 21.5. The van der Waals surface area contributed by atoms with E-state index < -0.39 is 11.8 Å². The number of nitrogens with one attached hydrogen (secondary N) is 1. The first kappa shape index (κ1) is 20.6. The normalized spacial score (nSPS) is 14.9. The zero-order valence-electron chi connectivity index (χ0n) is 18.2. The standard InChI is InChI=1S/C26H22N2O5/c1-16(2)33-20-11-7-6-10-19(20)28-25(29)23(17-8-4-3-5-9-17)24(26(28)30)27-18-12-13-21-22(14-18)32-15-31-21/h3-14,16,27H,15H2,1-2H3. The van der Waals surface area contributed by atoms with Crippen molar-refractivity contribution in [3.8, 4) is 17.2 Å². The summed E-state index contributed by atoms with van der Waals surface area (Å²) in [6.45, 7) is 3.93. The number of benzene rings is 3. The number of anilines is 2. The maximum atomic E-state index is 13.6. The van der Waals surface area contributed by atoms with Gasteiger partial charge >= 0.3 is 0 Å². The predicted molar refractivity (Wildman–Crippen MR) is 124 cm³/mol. The molecule has 5 rings (SSSR count). The summed E-state index contributed by atoms with van der Waals surface area (Å²) in [5.41, 5.74) is 2.13. The van der Waals surface area contributed by atoms with E-state index in [4.69, 9.17) is 14.2 Å². The fraction of sp³-hybridized carbons (Fsp3) is 0.154. The molecule has 0 saturated heterocycles. The highest BCUT2D eigenvalue weighted by Crippen LogP contribution is 2.39. The Morgan fingerprint density at radius 3 is 2.39 bits per heavy atom. The molecule has 0 atom stereocenters. The van der Waals surface area contributed by atoms with Gasteiger partial charge in [-0.25, -0.2) is 4.90 Å². The largest absolute Gasteiger partial charge is 0.489 e. The van der Waals surface area contributed by atoms with Crippen LogP contribution in [0.4, 0.5) is 11.4 Å².